The molecule has 1 heterocycles. The van der Waals surface area contributed by atoms with Crippen LogP contribution in [0.2, 0.25) is 0 Å². The van der Waals surface area contributed by atoms with Crippen molar-refractivity contribution < 1.29 is 14.6 Å². The topological polar surface area (TPSA) is 38.7 Å². The van der Waals surface area contributed by atoms with Crippen molar-refractivity contribution in [2.45, 2.75) is 38.6 Å². The molecular formula is C8H16O3. The van der Waals surface area contributed by atoms with Crippen LogP contribution in [-0.2, 0) is 9.47 Å². The number of rotatable bonds is 4. The summed E-state index contributed by atoms with van der Waals surface area (Å²) in [5.74, 6) is 0. The lowest BCUT2D eigenvalue weighted by molar-refractivity contribution is -0.130. The molecule has 0 bridgehead atoms. The summed E-state index contributed by atoms with van der Waals surface area (Å²) in [4.78, 5) is 0. The van der Waals surface area contributed by atoms with E-state index in [1.54, 1.807) is 0 Å². The molecule has 1 rings (SSSR count). The SMILES string of the molecule is CCC(O)COC1CCCO1. The maximum Gasteiger partial charge on any atom is 0.157 e. The van der Waals surface area contributed by atoms with Gasteiger partial charge in [-0.15, -0.1) is 0 Å². The van der Waals surface area contributed by atoms with E-state index >= 15 is 0 Å². The Balaban J connectivity index is 2.01. The Morgan fingerprint density at radius 1 is 1.73 bits per heavy atom. The van der Waals surface area contributed by atoms with Crippen LogP contribution < -0.4 is 0 Å². The van der Waals surface area contributed by atoms with Crippen molar-refractivity contribution in [3.8, 4) is 0 Å². The second-order valence-electron chi connectivity index (χ2n) is 2.84. The summed E-state index contributed by atoms with van der Waals surface area (Å²) in [7, 11) is 0. The molecular weight excluding hydrogens is 144 g/mol. The monoisotopic (exact) mass is 160 g/mol. The van der Waals surface area contributed by atoms with Crippen molar-refractivity contribution in [1.82, 2.24) is 0 Å². The highest BCUT2D eigenvalue weighted by Crippen LogP contribution is 2.13. The predicted octanol–water partition coefficient (Wildman–Crippen LogP) is 0.910. The van der Waals surface area contributed by atoms with Gasteiger partial charge in [-0.25, -0.2) is 0 Å². The van der Waals surface area contributed by atoms with Gasteiger partial charge in [-0.05, 0) is 12.8 Å². The third kappa shape index (κ3) is 3.18. The molecule has 1 N–H and O–H groups in total. The summed E-state index contributed by atoms with van der Waals surface area (Å²) in [6.45, 7) is 3.14. The van der Waals surface area contributed by atoms with Crippen molar-refractivity contribution in [2.24, 2.45) is 0 Å². The molecule has 0 aromatic heterocycles. The van der Waals surface area contributed by atoms with Crippen LogP contribution in [0.15, 0.2) is 0 Å². The molecule has 0 saturated carbocycles. The fourth-order valence-electron chi connectivity index (χ4n) is 1.02. The first-order valence-electron chi connectivity index (χ1n) is 4.24. The molecule has 66 valence electrons. The van der Waals surface area contributed by atoms with E-state index in [1.165, 1.54) is 0 Å². The Hall–Kier alpha value is -0.120. The molecule has 1 fully saturated rings. The first-order valence-corrected chi connectivity index (χ1v) is 4.24. The van der Waals surface area contributed by atoms with Crippen LogP contribution in [0.1, 0.15) is 26.2 Å². The minimum atomic E-state index is -0.334. The van der Waals surface area contributed by atoms with Crippen molar-refractivity contribution in [2.75, 3.05) is 13.2 Å². The predicted molar refractivity (Wildman–Crippen MR) is 41.2 cm³/mol. The van der Waals surface area contributed by atoms with Crippen LogP contribution in [0, 0.1) is 0 Å². The lowest BCUT2D eigenvalue weighted by Gasteiger charge is -2.13. The molecule has 2 unspecified atom stereocenters. The summed E-state index contributed by atoms with van der Waals surface area (Å²) in [6.07, 6.45) is 2.39. The highest BCUT2D eigenvalue weighted by atomic mass is 16.7. The zero-order valence-electron chi connectivity index (χ0n) is 6.95. The van der Waals surface area contributed by atoms with Gasteiger partial charge in [0.1, 0.15) is 0 Å². The number of aliphatic hydroxyl groups excluding tert-OH is 1. The first-order chi connectivity index (χ1) is 5.33. The van der Waals surface area contributed by atoms with Crippen molar-refractivity contribution in [3.63, 3.8) is 0 Å². The lowest BCUT2D eigenvalue weighted by Crippen LogP contribution is -2.20. The van der Waals surface area contributed by atoms with Gasteiger partial charge in [0.15, 0.2) is 6.29 Å². The Morgan fingerprint density at radius 3 is 3.09 bits per heavy atom. The highest BCUT2D eigenvalue weighted by molar-refractivity contribution is 4.56. The van der Waals surface area contributed by atoms with Gasteiger partial charge < -0.3 is 14.6 Å². The molecule has 0 aromatic carbocycles. The van der Waals surface area contributed by atoms with E-state index in [4.69, 9.17) is 14.6 Å². The Labute approximate surface area is 67.3 Å². The van der Waals surface area contributed by atoms with E-state index in [0.29, 0.717) is 6.61 Å². The Morgan fingerprint density at radius 2 is 2.55 bits per heavy atom. The largest absolute Gasteiger partial charge is 0.391 e. The molecule has 0 radical (unpaired) electrons. The molecule has 0 spiro atoms. The van der Waals surface area contributed by atoms with Gasteiger partial charge in [0.05, 0.1) is 12.7 Å². The Kier molecular flexibility index (Phi) is 3.83. The van der Waals surface area contributed by atoms with E-state index in [2.05, 4.69) is 0 Å². The summed E-state index contributed by atoms with van der Waals surface area (Å²) >= 11 is 0. The van der Waals surface area contributed by atoms with Crippen LogP contribution in [0.25, 0.3) is 0 Å². The van der Waals surface area contributed by atoms with Crippen LogP contribution in [0.4, 0.5) is 0 Å². The van der Waals surface area contributed by atoms with Gasteiger partial charge in [0.2, 0.25) is 0 Å². The van der Waals surface area contributed by atoms with Crippen LogP contribution in [0.3, 0.4) is 0 Å². The number of ether oxygens (including phenoxy) is 2. The summed E-state index contributed by atoms with van der Waals surface area (Å²) in [6, 6.07) is 0. The minimum Gasteiger partial charge on any atom is -0.391 e. The normalized spacial score (nSPS) is 27.3. The quantitative estimate of drug-likeness (QED) is 0.664. The van der Waals surface area contributed by atoms with Gasteiger partial charge in [-0.3, -0.25) is 0 Å². The average molecular weight is 160 g/mol. The fraction of sp³-hybridized carbons (Fsp3) is 1.00. The maximum absolute atomic E-state index is 9.14. The molecule has 0 aliphatic carbocycles. The molecule has 3 nitrogen and oxygen atoms in total. The lowest BCUT2D eigenvalue weighted by atomic mass is 10.3. The zero-order valence-corrected chi connectivity index (χ0v) is 6.95. The summed E-state index contributed by atoms with van der Waals surface area (Å²) in [5, 5.41) is 9.14. The molecule has 3 heteroatoms. The molecule has 1 saturated heterocycles. The third-order valence-corrected chi connectivity index (χ3v) is 1.83. The van der Waals surface area contributed by atoms with Crippen LogP contribution in [0.5, 0.6) is 0 Å². The molecule has 2 atom stereocenters. The van der Waals surface area contributed by atoms with Gasteiger partial charge in [-0.2, -0.15) is 0 Å². The standard InChI is InChI=1S/C8H16O3/c1-2-7(9)6-11-8-4-3-5-10-8/h7-9H,2-6H2,1H3. The number of aliphatic hydroxyl groups is 1. The van der Waals surface area contributed by atoms with E-state index in [1.807, 2.05) is 6.92 Å². The second-order valence-corrected chi connectivity index (χ2v) is 2.84. The second kappa shape index (κ2) is 4.70. The van der Waals surface area contributed by atoms with E-state index in [-0.39, 0.29) is 12.4 Å². The maximum atomic E-state index is 9.14. The number of hydrogen-bond acceptors (Lipinski definition) is 3. The minimum absolute atomic E-state index is 0.0591. The first kappa shape index (κ1) is 8.97. The molecule has 0 aromatic rings. The smallest absolute Gasteiger partial charge is 0.157 e. The van der Waals surface area contributed by atoms with E-state index < -0.39 is 0 Å². The van der Waals surface area contributed by atoms with Crippen LogP contribution in [-0.4, -0.2) is 30.7 Å². The van der Waals surface area contributed by atoms with Gasteiger partial charge >= 0.3 is 0 Å². The van der Waals surface area contributed by atoms with Crippen molar-refractivity contribution >= 4 is 0 Å². The molecule has 1 aliphatic rings. The Bertz CT molecular complexity index is 99.5. The van der Waals surface area contributed by atoms with E-state index in [0.717, 1.165) is 25.9 Å². The van der Waals surface area contributed by atoms with Gasteiger partial charge in [0, 0.05) is 13.0 Å². The van der Waals surface area contributed by atoms with Crippen LogP contribution >= 0.6 is 0 Å². The highest BCUT2D eigenvalue weighted by Gasteiger charge is 2.16. The fourth-order valence-corrected chi connectivity index (χ4v) is 1.02. The van der Waals surface area contributed by atoms with Crippen molar-refractivity contribution in [3.05, 3.63) is 0 Å². The summed E-state index contributed by atoms with van der Waals surface area (Å²) < 4.78 is 10.5. The molecule has 11 heavy (non-hydrogen) atoms. The van der Waals surface area contributed by atoms with Gasteiger partial charge in [0.25, 0.3) is 0 Å². The van der Waals surface area contributed by atoms with Crippen molar-refractivity contribution in [1.29, 1.82) is 0 Å². The van der Waals surface area contributed by atoms with E-state index in [9.17, 15) is 0 Å². The average Bonchev–Trinajstić information content (AvgIpc) is 2.52. The third-order valence-electron chi connectivity index (χ3n) is 1.83. The van der Waals surface area contributed by atoms with Gasteiger partial charge in [-0.1, -0.05) is 6.92 Å². The molecule has 1 aliphatic heterocycles. The summed E-state index contributed by atoms with van der Waals surface area (Å²) in [5.41, 5.74) is 0. The number of hydrogen-bond donors (Lipinski definition) is 1. The zero-order chi connectivity index (χ0) is 8.10. The molecule has 0 amide bonds.